The number of nitriles is 2. The first-order valence-electron chi connectivity index (χ1n) is 16.1. The monoisotopic (exact) mass is 668 g/mol. The second-order valence-corrected chi connectivity index (χ2v) is 12.2. The number of hydrogen-bond acceptors (Lipinski definition) is 6. The van der Waals surface area contributed by atoms with E-state index in [9.17, 15) is 18.4 Å². The standard InChI is InChI=1S/2C19H15FN4O/c2*20-16-6-7-23(12-16)19(25)15-9-14-5-8-24(18(14)22-11-15)17-3-1-13(10-21)2-4-17/h2*1-5,8-9,11,16H,6-7,12H2. The molecule has 0 saturated carbocycles. The Balaban J connectivity index is 0.000000157. The molecule has 2 aliphatic rings. The molecule has 2 aliphatic heterocycles. The van der Waals surface area contributed by atoms with E-state index >= 15 is 0 Å². The van der Waals surface area contributed by atoms with Crippen LogP contribution in [-0.2, 0) is 0 Å². The molecule has 248 valence electrons. The fourth-order valence-electron chi connectivity index (χ4n) is 6.26. The Morgan fingerprint density at radius 1 is 0.640 bits per heavy atom. The molecule has 8 rings (SSSR count). The maximum absolute atomic E-state index is 13.3. The van der Waals surface area contributed by atoms with E-state index in [2.05, 4.69) is 22.1 Å². The summed E-state index contributed by atoms with van der Waals surface area (Å²) in [6.45, 7) is 1.21. The van der Waals surface area contributed by atoms with Gasteiger partial charge in [0.25, 0.3) is 11.8 Å². The molecule has 12 heteroatoms. The number of halogens is 2. The maximum Gasteiger partial charge on any atom is 0.255 e. The lowest BCUT2D eigenvalue weighted by Crippen LogP contribution is -2.29. The molecule has 2 unspecified atom stereocenters. The number of alkyl halides is 2. The third-order valence-electron chi connectivity index (χ3n) is 8.93. The lowest BCUT2D eigenvalue weighted by atomic mass is 10.2. The highest BCUT2D eigenvalue weighted by Crippen LogP contribution is 2.24. The Labute approximate surface area is 286 Å². The summed E-state index contributed by atoms with van der Waals surface area (Å²) in [5.74, 6) is -0.360. The molecule has 10 nitrogen and oxygen atoms in total. The van der Waals surface area contributed by atoms with Crippen molar-refractivity contribution in [1.29, 1.82) is 10.5 Å². The first-order valence-corrected chi connectivity index (χ1v) is 16.1. The van der Waals surface area contributed by atoms with E-state index in [-0.39, 0.29) is 24.9 Å². The highest BCUT2D eigenvalue weighted by atomic mass is 19.1. The number of fused-ring (bicyclic) bond motifs is 2. The summed E-state index contributed by atoms with van der Waals surface area (Å²) in [5.41, 5.74) is 5.37. The molecular formula is C38H30F2N8O2. The van der Waals surface area contributed by atoms with E-state index in [0.717, 1.165) is 33.4 Å². The lowest BCUT2D eigenvalue weighted by molar-refractivity contribution is 0.0775. The number of amides is 2. The molecular weight excluding hydrogens is 638 g/mol. The van der Waals surface area contributed by atoms with Crippen molar-refractivity contribution in [3.05, 3.63) is 120 Å². The Morgan fingerprint density at radius 2 is 1.04 bits per heavy atom. The highest BCUT2D eigenvalue weighted by Gasteiger charge is 2.28. The molecule has 6 aromatic rings. The third-order valence-corrected chi connectivity index (χ3v) is 8.93. The minimum absolute atomic E-state index is 0.156. The van der Waals surface area contributed by atoms with Gasteiger partial charge in [-0.25, -0.2) is 18.7 Å². The van der Waals surface area contributed by atoms with Crippen LogP contribution < -0.4 is 0 Å². The van der Waals surface area contributed by atoms with Gasteiger partial charge in [0.1, 0.15) is 23.6 Å². The summed E-state index contributed by atoms with van der Waals surface area (Å²) in [7, 11) is 0. The van der Waals surface area contributed by atoms with Crippen molar-refractivity contribution in [3.8, 4) is 23.5 Å². The molecule has 0 bridgehead atoms. The van der Waals surface area contributed by atoms with Gasteiger partial charge < -0.3 is 18.9 Å². The number of nitrogens with zero attached hydrogens (tertiary/aromatic N) is 8. The summed E-state index contributed by atoms with van der Waals surface area (Å²) in [6.07, 6.45) is 5.76. The number of pyridine rings is 2. The summed E-state index contributed by atoms with van der Waals surface area (Å²) < 4.78 is 30.4. The van der Waals surface area contributed by atoms with E-state index < -0.39 is 12.3 Å². The minimum Gasteiger partial charge on any atom is -0.336 e. The number of carbonyl (C=O) groups is 2. The zero-order chi connectivity index (χ0) is 34.8. The van der Waals surface area contributed by atoms with E-state index in [1.165, 1.54) is 22.2 Å². The van der Waals surface area contributed by atoms with E-state index in [1.807, 2.05) is 57.9 Å². The number of aromatic nitrogens is 4. The summed E-state index contributed by atoms with van der Waals surface area (Å²) in [5, 5.41) is 19.5. The molecule has 2 aromatic carbocycles. The number of benzene rings is 2. The van der Waals surface area contributed by atoms with Crippen LogP contribution in [0.5, 0.6) is 0 Å². The topological polar surface area (TPSA) is 124 Å². The van der Waals surface area contributed by atoms with Crippen LogP contribution >= 0.6 is 0 Å². The van der Waals surface area contributed by atoms with Crippen LogP contribution in [-0.4, -0.2) is 79.2 Å². The van der Waals surface area contributed by atoms with Gasteiger partial charge in [-0.3, -0.25) is 9.59 Å². The quantitative estimate of drug-likeness (QED) is 0.222. The fourth-order valence-corrected chi connectivity index (χ4v) is 6.26. The van der Waals surface area contributed by atoms with Crippen LogP contribution in [0.3, 0.4) is 0 Å². The van der Waals surface area contributed by atoms with Gasteiger partial charge in [-0.2, -0.15) is 10.5 Å². The van der Waals surface area contributed by atoms with Crippen LogP contribution in [0.2, 0.25) is 0 Å². The number of likely N-dealkylation sites (tertiary alicyclic amines) is 2. The smallest absolute Gasteiger partial charge is 0.255 e. The van der Waals surface area contributed by atoms with Crippen molar-refractivity contribution < 1.29 is 18.4 Å². The zero-order valence-corrected chi connectivity index (χ0v) is 26.8. The molecule has 0 N–H and O–H groups in total. The van der Waals surface area contributed by atoms with E-state index in [4.69, 9.17) is 10.5 Å². The van der Waals surface area contributed by atoms with E-state index in [0.29, 0.717) is 48.2 Å². The SMILES string of the molecule is N#Cc1ccc(-n2ccc3cc(C(=O)N4CCC(F)C4)cnc32)cc1.N#Cc1ccc(-n2ccc3cc(C(=O)N4CCC(F)C4)cnc32)cc1. The molecule has 4 aromatic heterocycles. The van der Waals surface area contributed by atoms with Crippen molar-refractivity contribution in [2.24, 2.45) is 0 Å². The second kappa shape index (κ2) is 13.6. The maximum atomic E-state index is 13.3. The molecule has 0 radical (unpaired) electrons. The number of rotatable bonds is 4. The molecule has 6 heterocycles. The van der Waals surface area contributed by atoms with Gasteiger partial charge >= 0.3 is 0 Å². The molecule has 0 spiro atoms. The van der Waals surface area contributed by atoms with Crippen molar-refractivity contribution in [2.45, 2.75) is 25.2 Å². The predicted octanol–water partition coefficient (Wildman–Crippen LogP) is 6.16. The van der Waals surface area contributed by atoms with Gasteiger partial charge in [-0.05, 0) is 85.6 Å². The predicted molar refractivity (Wildman–Crippen MR) is 182 cm³/mol. The average molecular weight is 669 g/mol. The fraction of sp³-hybridized carbons (Fsp3) is 0.211. The van der Waals surface area contributed by atoms with E-state index in [1.54, 1.807) is 36.4 Å². The van der Waals surface area contributed by atoms with Gasteiger partial charge in [0.15, 0.2) is 0 Å². The van der Waals surface area contributed by atoms with Crippen molar-refractivity contribution in [2.75, 3.05) is 26.2 Å². The van der Waals surface area contributed by atoms with Crippen LogP contribution in [0.1, 0.15) is 44.7 Å². The third kappa shape index (κ3) is 6.39. The molecule has 50 heavy (non-hydrogen) atoms. The van der Waals surface area contributed by atoms with Gasteiger partial charge in [0.2, 0.25) is 0 Å². The Hall–Kier alpha value is -6.40. The molecule has 2 atom stereocenters. The van der Waals surface area contributed by atoms with Crippen LogP contribution in [0.15, 0.2) is 97.6 Å². The Morgan fingerprint density at radius 3 is 1.38 bits per heavy atom. The molecule has 0 aliphatic carbocycles. The lowest BCUT2D eigenvalue weighted by Gasteiger charge is -2.15. The Kier molecular flexibility index (Phi) is 8.75. The van der Waals surface area contributed by atoms with Crippen LogP contribution in [0, 0.1) is 22.7 Å². The normalized spacial score (nSPS) is 17.0. The average Bonchev–Trinajstić information content (AvgIpc) is 3.98. The molecule has 2 fully saturated rings. The Bertz CT molecular complexity index is 2140. The van der Waals surface area contributed by atoms with Gasteiger partial charge in [-0.15, -0.1) is 0 Å². The number of carbonyl (C=O) groups excluding carboxylic acids is 2. The zero-order valence-electron chi connectivity index (χ0n) is 26.8. The van der Waals surface area contributed by atoms with Gasteiger partial charge in [-0.1, -0.05) is 0 Å². The second-order valence-electron chi connectivity index (χ2n) is 12.2. The largest absolute Gasteiger partial charge is 0.336 e. The summed E-state index contributed by atoms with van der Waals surface area (Å²) in [6, 6.07) is 25.9. The summed E-state index contributed by atoms with van der Waals surface area (Å²) in [4.78, 5) is 36.9. The highest BCUT2D eigenvalue weighted by molar-refractivity contribution is 5.98. The van der Waals surface area contributed by atoms with Gasteiger partial charge in [0, 0.05) is 60.0 Å². The molecule has 2 saturated heterocycles. The van der Waals surface area contributed by atoms with Crippen LogP contribution in [0.4, 0.5) is 8.78 Å². The minimum atomic E-state index is -0.932. The first kappa shape index (κ1) is 32.2. The van der Waals surface area contributed by atoms with Gasteiger partial charge in [0.05, 0.1) is 47.5 Å². The molecule has 2 amide bonds. The summed E-state index contributed by atoms with van der Waals surface area (Å²) >= 11 is 0. The van der Waals surface area contributed by atoms with Crippen LogP contribution in [0.25, 0.3) is 33.4 Å². The van der Waals surface area contributed by atoms with Crippen molar-refractivity contribution in [3.63, 3.8) is 0 Å². The first-order chi connectivity index (χ1) is 24.3. The van der Waals surface area contributed by atoms with Crippen molar-refractivity contribution >= 4 is 33.9 Å². The van der Waals surface area contributed by atoms with Crippen molar-refractivity contribution in [1.82, 2.24) is 28.9 Å². The number of hydrogen-bond donors (Lipinski definition) is 0.